The van der Waals surface area contributed by atoms with Crippen molar-refractivity contribution in [1.82, 2.24) is 0 Å². The Morgan fingerprint density at radius 3 is 1.75 bits per heavy atom. The van der Waals surface area contributed by atoms with Crippen LogP contribution in [0.4, 0.5) is 0 Å². The van der Waals surface area contributed by atoms with E-state index in [-0.39, 0.29) is 32.7 Å². The van der Waals surface area contributed by atoms with Crippen LogP contribution in [-0.4, -0.2) is 26.3 Å². The van der Waals surface area contributed by atoms with Crippen LogP contribution in [0.1, 0.15) is 19.8 Å². The molecule has 0 amide bonds. The second-order valence-corrected chi connectivity index (χ2v) is 2.57. The molecule has 0 aromatic heterocycles. The summed E-state index contributed by atoms with van der Waals surface area (Å²) in [5.41, 5.74) is 0. The van der Waals surface area contributed by atoms with E-state index in [1.54, 1.807) is 0 Å². The van der Waals surface area contributed by atoms with Gasteiger partial charge in [0.1, 0.15) is 0 Å². The van der Waals surface area contributed by atoms with Crippen LogP contribution >= 0.6 is 0 Å². The molecule has 2 aliphatic rings. The van der Waals surface area contributed by atoms with E-state index < -0.39 is 0 Å². The van der Waals surface area contributed by atoms with Gasteiger partial charge in [0, 0.05) is 45.9 Å². The fourth-order valence-electron chi connectivity index (χ4n) is 0.971. The number of rotatable bonds is 0. The minimum atomic E-state index is 0. The summed E-state index contributed by atoms with van der Waals surface area (Å²) in [7, 11) is 0. The molecule has 2 saturated heterocycles. The van der Waals surface area contributed by atoms with E-state index in [9.17, 15) is 0 Å². The van der Waals surface area contributed by atoms with E-state index >= 15 is 0 Å². The smallest absolute Gasteiger partial charge is 0.0346 e. The van der Waals surface area contributed by atoms with E-state index in [2.05, 4.69) is 5.32 Å². The zero-order chi connectivity index (χ0) is 7.94. The second-order valence-electron chi connectivity index (χ2n) is 2.57. The first-order chi connectivity index (χ1) is 5.39. The van der Waals surface area contributed by atoms with Gasteiger partial charge in [-0.25, -0.2) is 0 Å². The van der Waals surface area contributed by atoms with Crippen molar-refractivity contribution in [3.63, 3.8) is 0 Å². The Labute approximate surface area is 99.4 Å². The fraction of sp³-hybridized carbons (Fsp3) is 0.875. The molecule has 0 N–H and O–H groups in total. The van der Waals surface area contributed by atoms with Gasteiger partial charge >= 0.3 is 0 Å². The summed E-state index contributed by atoms with van der Waals surface area (Å²) in [4.78, 5) is 0. The second kappa shape index (κ2) is 8.58. The first kappa shape index (κ1) is 13.0. The fourth-order valence-corrected chi connectivity index (χ4v) is 0.971. The van der Waals surface area contributed by atoms with Crippen LogP contribution in [0.25, 0.3) is 5.32 Å². The van der Waals surface area contributed by atoms with Gasteiger partial charge in [-0.05, 0) is 0 Å². The Hall–Kier alpha value is 0.984. The predicted octanol–water partition coefficient (Wildman–Crippen LogP) is 1.69. The van der Waals surface area contributed by atoms with Crippen LogP contribution in [0.2, 0.25) is 0 Å². The molecule has 2 rings (SSSR count). The Bertz CT molecular complexity index is 85.4. The van der Waals surface area contributed by atoms with Crippen molar-refractivity contribution in [2.75, 3.05) is 26.3 Å². The van der Waals surface area contributed by atoms with Crippen molar-refractivity contribution in [3.8, 4) is 0 Å². The molecule has 0 unspecified atom stereocenters. The Kier molecular flexibility index (Phi) is 9.28. The molecule has 0 aromatic carbocycles. The normalized spacial score (nSPS) is 22.8. The average Bonchev–Trinajstić information content (AvgIpc) is 2.57. The van der Waals surface area contributed by atoms with E-state index in [1.807, 2.05) is 6.92 Å². The number of ether oxygens (including phenoxy) is 2. The van der Waals surface area contributed by atoms with Crippen LogP contribution in [0.15, 0.2) is 0 Å². The molecule has 0 bridgehead atoms. The molecule has 2 fully saturated rings. The average molecular weight is 246 g/mol. The summed E-state index contributed by atoms with van der Waals surface area (Å²) < 4.78 is 9.69. The van der Waals surface area contributed by atoms with Crippen LogP contribution in [-0.2, 0) is 42.2 Å². The largest absolute Gasteiger partial charge is 0.662 e. The SMILES string of the molecule is C1CC[N-]C1.C[C-]1OCCO1.[Y]. The maximum Gasteiger partial charge on any atom is 0.0346 e. The maximum absolute atomic E-state index is 4.85. The molecular formula is C8H15NO2Y-2. The predicted molar refractivity (Wildman–Crippen MR) is 43.1 cm³/mol. The molecule has 69 valence electrons. The van der Waals surface area contributed by atoms with Crippen molar-refractivity contribution in [3.05, 3.63) is 11.6 Å². The Morgan fingerprint density at radius 2 is 1.58 bits per heavy atom. The molecule has 3 nitrogen and oxygen atoms in total. The zero-order valence-electron chi connectivity index (χ0n) is 7.58. The van der Waals surface area contributed by atoms with Gasteiger partial charge in [-0.1, -0.05) is 19.1 Å². The van der Waals surface area contributed by atoms with Gasteiger partial charge < -0.3 is 14.8 Å². The zero-order valence-corrected chi connectivity index (χ0v) is 10.4. The molecular weight excluding hydrogens is 231 g/mol. The summed E-state index contributed by atoms with van der Waals surface area (Å²) in [5, 5.41) is 4.08. The third-order valence-corrected chi connectivity index (χ3v) is 1.58. The van der Waals surface area contributed by atoms with Crippen LogP contribution in [0.5, 0.6) is 0 Å². The van der Waals surface area contributed by atoms with Gasteiger partial charge in [0.15, 0.2) is 0 Å². The van der Waals surface area contributed by atoms with E-state index in [0.717, 1.165) is 26.3 Å². The molecule has 0 aliphatic carbocycles. The maximum atomic E-state index is 4.85. The van der Waals surface area contributed by atoms with Gasteiger partial charge in [0.05, 0.1) is 0 Å². The summed E-state index contributed by atoms with van der Waals surface area (Å²) in [5.74, 6) is 0. The molecule has 0 saturated carbocycles. The van der Waals surface area contributed by atoms with Gasteiger partial charge in [-0.2, -0.15) is 0 Å². The first-order valence-corrected chi connectivity index (χ1v) is 4.12. The number of hydrogen-bond donors (Lipinski definition) is 0. The van der Waals surface area contributed by atoms with Gasteiger partial charge in [-0.3, -0.25) is 0 Å². The minimum Gasteiger partial charge on any atom is -0.662 e. The van der Waals surface area contributed by atoms with Crippen LogP contribution in [0, 0.1) is 6.29 Å². The topological polar surface area (TPSA) is 32.6 Å². The summed E-state index contributed by atoms with van der Waals surface area (Å²) in [6, 6.07) is 0. The van der Waals surface area contributed by atoms with Gasteiger partial charge in [0.2, 0.25) is 0 Å². The minimum absolute atomic E-state index is 0. The van der Waals surface area contributed by atoms with Crippen LogP contribution in [0.3, 0.4) is 0 Å². The molecule has 4 heteroatoms. The van der Waals surface area contributed by atoms with Crippen molar-refractivity contribution >= 4 is 0 Å². The first-order valence-electron chi connectivity index (χ1n) is 4.12. The summed E-state index contributed by atoms with van der Waals surface area (Å²) >= 11 is 0. The summed E-state index contributed by atoms with van der Waals surface area (Å²) in [6.07, 6.45) is 3.37. The van der Waals surface area contributed by atoms with Crippen molar-refractivity contribution in [1.29, 1.82) is 0 Å². The van der Waals surface area contributed by atoms with Gasteiger partial charge in [-0.15, -0.1) is 20.0 Å². The molecule has 0 atom stereocenters. The Balaban J connectivity index is 0.000000189. The van der Waals surface area contributed by atoms with Crippen LogP contribution < -0.4 is 0 Å². The standard InChI is InChI=1S/C4H8N.C4H7O2.Y/c1-2-4-5-3-1;1-4-5-2-3-6-4;/h1-4H2;2-3H2,1H3;/q2*-1;. The molecule has 1 radical (unpaired) electrons. The van der Waals surface area contributed by atoms with Crippen molar-refractivity contribution in [2.24, 2.45) is 0 Å². The monoisotopic (exact) mass is 246 g/mol. The molecule has 0 aromatic rings. The molecule has 0 spiro atoms. The van der Waals surface area contributed by atoms with E-state index in [0.29, 0.717) is 6.29 Å². The number of hydrogen-bond acceptors (Lipinski definition) is 2. The third-order valence-electron chi connectivity index (χ3n) is 1.58. The molecule has 2 aliphatic heterocycles. The number of nitrogens with zero attached hydrogens (tertiary/aromatic N) is 1. The third kappa shape index (κ3) is 6.49. The van der Waals surface area contributed by atoms with Gasteiger partial charge in [0.25, 0.3) is 0 Å². The molecule has 12 heavy (non-hydrogen) atoms. The molecule has 2 heterocycles. The van der Waals surface area contributed by atoms with E-state index in [1.165, 1.54) is 12.8 Å². The van der Waals surface area contributed by atoms with Crippen molar-refractivity contribution in [2.45, 2.75) is 19.8 Å². The van der Waals surface area contributed by atoms with Crippen molar-refractivity contribution < 1.29 is 42.2 Å². The quantitative estimate of drug-likeness (QED) is 0.609. The van der Waals surface area contributed by atoms with E-state index in [4.69, 9.17) is 9.47 Å². The Morgan fingerprint density at radius 1 is 1.08 bits per heavy atom. The summed E-state index contributed by atoms with van der Waals surface area (Å²) in [6.45, 7) is 5.52.